The molecule has 0 amide bonds. The van der Waals surface area contributed by atoms with Crippen LogP contribution in [0.2, 0.25) is 0 Å². The number of allylic oxidation sites excluding steroid dienone is 7. The van der Waals surface area contributed by atoms with E-state index >= 15 is 0 Å². The van der Waals surface area contributed by atoms with Crippen LogP contribution >= 0.6 is 0 Å². The Morgan fingerprint density at radius 3 is 2.29 bits per heavy atom. The zero-order chi connectivity index (χ0) is 23.2. The van der Waals surface area contributed by atoms with Gasteiger partial charge in [-0.15, -0.1) is 0 Å². The van der Waals surface area contributed by atoms with Crippen molar-refractivity contribution >= 4 is 5.97 Å². The molecule has 6 heteroatoms. The lowest BCUT2D eigenvalue weighted by molar-refractivity contribution is -0.147. The van der Waals surface area contributed by atoms with Gasteiger partial charge in [-0.1, -0.05) is 74.1 Å². The van der Waals surface area contributed by atoms with E-state index in [-0.39, 0.29) is 18.7 Å². The molecule has 176 valence electrons. The normalized spacial score (nSPS) is 15.6. The van der Waals surface area contributed by atoms with Gasteiger partial charge in [0.25, 0.3) is 0 Å². The van der Waals surface area contributed by atoms with Crippen LogP contribution in [-0.2, 0) is 9.53 Å². The van der Waals surface area contributed by atoms with Crippen LogP contribution in [0.3, 0.4) is 0 Å². The number of carbonyl (C=O) groups is 1. The summed E-state index contributed by atoms with van der Waals surface area (Å²) in [4.78, 5) is 11.4. The molecule has 0 saturated carbocycles. The maximum absolute atomic E-state index is 11.4. The van der Waals surface area contributed by atoms with E-state index in [1.165, 1.54) is 0 Å². The minimum Gasteiger partial charge on any atom is -0.463 e. The molecule has 0 rings (SSSR count). The molecule has 4 N–H and O–H groups in total. The van der Waals surface area contributed by atoms with Gasteiger partial charge in [-0.2, -0.15) is 0 Å². The summed E-state index contributed by atoms with van der Waals surface area (Å²) in [6, 6.07) is 0. The highest BCUT2D eigenvalue weighted by Gasteiger charge is 2.07. The number of carbonyl (C=O) groups excluding carboxylic acids is 1. The second-order valence-electron chi connectivity index (χ2n) is 7.23. The molecule has 0 aromatic rings. The van der Waals surface area contributed by atoms with E-state index < -0.39 is 18.8 Å². The average molecular weight is 437 g/mol. The highest BCUT2D eigenvalue weighted by Crippen LogP contribution is 2.05. The van der Waals surface area contributed by atoms with Gasteiger partial charge in [0.05, 0.1) is 18.8 Å². The third kappa shape index (κ3) is 21.0. The lowest BCUT2D eigenvalue weighted by Gasteiger charge is -2.08. The van der Waals surface area contributed by atoms with Gasteiger partial charge in [-0.25, -0.2) is 0 Å². The zero-order valence-electron chi connectivity index (χ0n) is 18.7. The molecule has 0 spiro atoms. The van der Waals surface area contributed by atoms with Crippen molar-refractivity contribution in [2.45, 2.75) is 76.6 Å². The highest BCUT2D eigenvalue weighted by molar-refractivity contribution is 5.69. The topological polar surface area (TPSA) is 107 Å². The van der Waals surface area contributed by atoms with Gasteiger partial charge >= 0.3 is 5.97 Å². The Labute approximate surface area is 187 Å². The fourth-order valence-corrected chi connectivity index (χ4v) is 2.36. The van der Waals surface area contributed by atoms with Gasteiger partial charge in [0, 0.05) is 6.42 Å². The van der Waals surface area contributed by atoms with Crippen LogP contribution in [-0.4, -0.2) is 57.9 Å². The van der Waals surface area contributed by atoms with E-state index in [1.807, 2.05) is 55.5 Å². The molecule has 0 aliphatic rings. The Morgan fingerprint density at radius 1 is 0.871 bits per heavy atom. The smallest absolute Gasteiger partial charge is 0.305 e. The fourth-order valence-electron chi connectivity index (χ4n) is 2.36. The number of ether oxygens (including phenoxy) is 1. The zero-order valence-corrected chi connectivity index (χ0v) is 18.7. The molecule has 0 aliphatic carbocycles. The molecule has 0 bridgehead atoms. The summed E-state index contributed by atoms with van der Waals surface area (Å²) in [5, 5.41) is 37.0. The molecule has 3 unspecified atom stereocenters. The van der Waals surface area contributed by atoms with Crippen LogP contribution in [0.1, 0.15) is 58.3 Å². The van der Waals surface area contributed by atoms with Crippen LogP contribution in [0.25, 0.3) is 0 Å². The van der Waals surface area contributed by atoms with Crippen molar-refractivity contribution in [1.29, 1.82) is 0 Å². The lowest BCUT2D eigenvalue weighted by Crippen LogP contribution is -2.21. The quantitative estimate of drug-likeness (QED) is 0.113. The van der Waals surface area contributed by atoms with E-state index in [2.05, 4.69) is 0 Å². The summed E-state index contributed by atoms with van der Waals surface area (Å²) < 4.78 is 4.83. The molecule has 0 radical (unpaired) electrons. The Morgan fingerprint density at radius 2 is 1.58 bits per heavy atom. The first-order chi connectivity index (χ1) is 15.0. The number of hydrogen-bond donors (Lipinski definition) is 4. The molecule has 0 aromatic carbocycles. The average Bonchev–Trinajstić information content (AvgIpc) is 2.77. The molecule has 6 nitrogen and oxygen atoms in total. The summed E-state index contributed by atoms with van der Waals surface area (Å²) in [5.74, 6) is -0.353. The first-order valence-electron chi connectivity index (χ1n) is 11.1. The Bertz CT molecular complexity index is 577. The minimum absolute atomic E-state index is 0.161. The molecular formula is C25H40O6. The summed E-state index contributed by atoms with van der Waals surface area (Å²) in [6.45, 7) is 1.35. The van der Waals surface area contributed by atoms with Crippen molar-refractivity contribution in [3.63, 3.8) is 0 Å². The molecule has 0 fully saturated rings. The number of unbranched alkanes of at least 4 members (excludes halogenated alkanes) is 3. The monoisotopic (exact) mass is 436 g/mol. The number of rotatable bonds is 18. The van der Waals surface area contributed by atoms with Gasteiger partial charge in [0.1, 0.15) is 12.7 Å². The lowest BCUT2D eigenvalue weighted by atomic mass is 10.1. The molecule has 0 aliphatic heterocycles. The third-order valence-corrected chi connectivity index (χ3v) is 4.29. The molecule has 0 saturated heterocycles. The fraction of sp³-hybridized carbons (Fsp3) is 0.560. The van der Waals surface area contributed by atoms with Gasteiger partial charge in [0.2, 0.25) is 0 Å². The molecule has 3 atom stereocenters. The van der Waals surface area contributed by atoms with Crippen molar-refractivity contribution in [3.05, 3.63) is 60.8 Å². The molecular weight excluding hydrogens is 396 g/mol. The maximum atomic E-state index is 11.4. The maximum Gasteiger partial charge on any atom is 0.305 e. The summed E-state index contributed by atoms with van der Waals surface area (Å²) in [5.41, 5.74) is 0. The van der Waals surface area contributed by atoms with E-state index in [0.29, 0.717) is 19.3 Å². The van der Waals surface area contributed by atoms with Crippen LogP contribution < -0.4 is 0 Å². The van der Waals surface area contributed by atoms with Crippen molar-refractivity contribution in [3.8, 4) is 0 Å². The largest absolute Gasteiger partial charge is 0.463 e. The van der Waals surface area contributed by atoms with Crippen molar-refractivity contribution in [2.75, 3.05) is 13.2 Å². The number of aliphatic hydroxyl groups excluding tert-OH is 4. The first kappa shape index (κ1) is 29.0. The van der Waals surface area contributed by atoms with Crippen molar-refractivity contribution in [1.82, 2.24) is 0 Å². The van der Waals surface area contributed by atoms with Gasteiger partial charge in [-0.05, 0) is 38.5 Å². The Balaban J connectivity index is 3.70. The summed E-state index contributed by atoms with van der Waals surface area (Å²) >= 11 is 0. The van der Waals surface area contributed by atoms with Crippen molar-refractivity contribution < 1.29 is 30.0 Å². The minimum atomic E-state index is -1.01. The highest BCUT2D eigenvalue weighted by atomic mass is 16.5. The molecule has 0 heterocycles. The first-order valence-corrected chi connectivity index (χ1v) is 11.1. The Hall–Kier alpha value is -1.99. The number of aliphatic hydroxyl groups is 4. The van der Waals surface area contributed by atoms with E-state index in [4.69, 9.17) is 14.9 Å². The van der Waals surface area contributed by atoms with Crippen molar-refractivity contribution in [2.24, 2.45) is 0 Å². The number of hydrogen-bond acceptors (Lipinski definition) is 6. The van der Waals surface area contributed by atoms with Gasteiger partial charge in [0.15, 0.2) is 0 Å². The van der Waals surface area contributed by atoms with E-state index in [1.54, 1.807) is 12.2 Å². The van der Waals surface area contributed by atoms with Gasteiger partial charge in [-0.3, -0.25) is 4.79 Å². The standard InChI is InChI=1S/C25H40O6/c1-2-22(27)16-12-8-6-7-10-14-18-23(28)17-13-9-4-3-5-11-15-19-25(30)31-21-24(29)20-26/h4,6,8-10,12-14,16-17,22-24,26-29H,2-3,5,7,11,15,18-21H2,1H3. The summed E-state index contributed by atoms with van der Waals surface area (Å²) in [7, 11) is 0. The van der Waals surface area contributed by atoms with Crippen LogP contribution in [0.5, 0.6) is 0 Å². The SMILES string of the molecule is CCC(O)C=CC=CCC=CCC(O)C=CC=CCCCCCC(=O)OCC(O)CO. The van der Waals surface area contributed by atoms with Crippen LogP contribution in [0.15, 0.2) is 60.8 Å². The second kappa shape index (κ2) is 21.2. The van der Waals surface area contributed by atoms with E-state index in [9.17, 15) is 15.0 Å². The second-order valence-corrected chi connectivity index (χ2v) is 7.23. The van der Waals surface area contributed by atoms with Gasteiger partial charge < -0.3 is 25.2 Å². The third-order valence-electron chi connectivity index (χ3n) is 4.29. The molecule has 31 heavy (non-hydrogen) atoms. The number of esters is 1. The molecule has 0 aromatic heterocycles. The van der Waals surface area contributed by atoms with Crippen LogP contribution in [0, 0.1) is 0 Å². The Kier molecular flexibility index (Phi) is 19.9. The predicted molar refractivity (Wildman–Crippen MR) is 124 cm³/mol. The summed E-state index contributed by atoms with van der Waals surface area (Å²) in [6.07, 6.45) is 22.9. The predicted octanol–water partition coefficient (Wildman–Crippen LogP) is 3.53. The van der Waals surface area contributed by atoms with Crippen LogP contribution in [0.4, 0.5) is 0 Å². The van der Waals surface area contributed by atoms with E-state index in [0.717, 1.165) is 32.1 Å².